The maximum absolute atomic E-state index is 12.4. The van der Waals surface area contributed by atoms with E-state index in [9.17, 15) is 9.59 Å². The quantitative estimate of drug-likeness (QED) is 0.557. The fourth-order valence-electron chi connectivity index (χ4n) is 4.04. The number of carbonyl (C=O) groups excluding carboxylic acids is 2. The van der Waals surface area contributed by atoms with Gasteiger partial charge in [0, 0.05) is 11.3 Å². The van der Waals surface area contributed by atoms with Crippen molar-refractivity contribution in [1.29, 1.82) is 0 Å². The first-order valence-corrected chi connectivity index (χ1v) is 6.20. The second-order valence-corrected chi connectivity index (χ2v) is 5.63. The third-order valence-electron chi connectivity index (χ3n) is 4.90. The van der Waals surface area contributed by atoms with E-state index in [1.165, 1.54) is 7.11 Å². The van der Waals surface area contributed by atoms with Gasteiger partial charge in [0.25, 0.3) is 0 Å². The zero-order chi connectivity index (χ0) is 12.8. The highest BCUT2D eigenvalue weighted by atomic mass is 16.5. The predicted octanol–water partition coefficient (Wildman–Crippen LogP) is 2.21. The van der Waals surface area contributed by atoms with E-state index in [4.69, 9.17) is 4.74 Å². The van der Waals surface area contributed by atoms with E-state index in [0.29, 0.717) is 12.3 Å². The van der Waals surface area contributed by atoms with Gasteiger partial charge >= 0.3 is 5.97 Å². The molecule has 0 aromatic heterocycles. The Balaban J connectivity index is 2.30. The number of fused-ring (bicyclic) bond motifs is 2. The van der Waals surface area contributed by atoms with Gasteiger partial charge in [-0.05, 0) is 24.7 Å². The summed E-state index contributed by atoms with van der Waals surface area (Å²) in [6, 6.07) is 0. The molecule has 0 radical (unpaired) electrons. The lowest BCUT2D eigenvalue weighted by molar-refractivity contribution is -0.155. The van der Waals surface area contributed by atoms with E-state index in [1.54, 1.807) is 0 Å². The normalized spacial score (nSPS) is 43.8. The molecule has 5 atom stereocenters. The number of hydrogen-bond acceptors (Lipinski definition) is 3. The molecule has 0 heterocycles. The van der Waals surface area contributed by atoms with Crippen molar-refractivity contribution in [2.75, 3.05) is 7.11 Å². The van der Waals surface area contributed by atoms with Crippen LogP contribution in [0, 0.1) is 29.1 Å². The number of Topliss-reactive ketones (excluding diaryl/α,β-unsaturated/α-hetero) is 1. The first-order chi connectivity index (χ1) is 7.97. The molecule has 2 fully saturated rings. The molecule has 0 N–H and O–H groups in total. The Morgan fingerprint density at radius 1 is 1.65 bits per heavy atom. The number of methoxy groups -OCH3 is 1. The molecule has 0 aromatic rings. The molecular formula is C14H20O3. The van der Waals surface area contributed by atoms with E-state index < -0.39 is 0 Å². The van der Waals surface area contributed by atoms with Gasteiger partial charge < -0.3 is 4.74 Å². The number of rotatable bonds is 3. The number of hydrogen-bond donors (Lipinski definition) is 0. The summed E-state index contributed by atoms with van der Waals surface area (Å²) in [6.45, 7) is 7.83. The number of carbonyl (C=O) groups is 2. The Labute approximate surface area is 102 Å². The van der Waals surface area contributed by atoms with Crippen LogP contribution in [-0.2, 0) is 14.3 Å². The number of allylic oxidation sites excluding steroid dienone is 1. The van der Waals surface area contributed by atoms with Crippen molar-refractivity contribution < 1.29 is 14.3 Å². The zero-order valence-electron chi connectivity index (χ0n) is 10.7. The van der Waals surface area contributed by atoms with Crippen molar-refractivity contribution in [2.24, 2.45) is 29.1 Å². The molecule has 2 rings (SSSR count). The average molecular weight is 236 g/mol. The predicted molar refractivity (Wildman–Crippen MR) is 64.2 cm³/mol. The van der Waals surface area contributed by atoms with Crippen molar-refractivity contribution in [3.05, 3.63) is 12.7 Å². The minimum Gasteiger partial charge on any atom is -0.469 e. The van der Waals surface area contributed by atoms with Gasteiger partial charge in [0.1, 0.15) is 5.78 Å². The molecular weight excluding hydrogens is 216 g/mol. The van der Waals surface area contributed by atoms with Crippen LogP contribution in [0.3, 0.4) is 0 Å². The largest absolute Gasteiger partial charge is 0.469 e. The molecule has 0 amide bonds. The van der Waals surface area contributed by atoms with Gasteiger partial charge in [-0.1, -0.05) is 19.9 Å². The molecule has 0 saturated heterocycles. The van der Waals surface area contributed by atoms with Crippen LogP contribution in [0.1, 0.15) is 26.7 Å². The van der Waals surface area contributed by atoms with Crippen LogP contribution >= 0.6 is 0 Å². The monoisotopic (exact) mass is 236 g/mol. The van der Waals surface area contributed by atoms with E-state index in [1.807, 2.05) is 13.0 Å². The molecule has 2 aliphatic carbocycles. The first kappa shape index (κ1) is 12.3. The van der Waals surface area contributed by atoms with Crippen LogP contribution in [0.5, 0.6) is 0 Å². The van der Waals surface area contributed by atoms with Gasteiger partial charge in [-0.2, -0.15) is 0 Å². The number of esters is 1. The van der Waals surface area contributed by atoms with Gasteiger partial charge in [0.2, 0.25) is 0 Å². The zero-order valence-corrected chi connectivity index (χ0v) is 10.7. The Morgan fingerprint density at radius 3 is 2.82 bits per heavy atom. The second-order valence-electron chi connectivity index (χ2n) is 5.63. The Hall–Kier alpha value is -1.12. The second kappa shape index (κ2) is 3.97. The average Bonchev–Trinajstić information content (AvgIpc) is 2.75. The Kier molecular flexibility index (Phi) is 2.88. The van der Waals surface area contributed by atoms with Crippen molar-refractivity contribution in [3.63, 3.8) is 0 Å². The van der Waals surface area contributed by atoms with Gasteiger partial charge in [-0.25, -0.2) is 0 Å². The molecule has 2 saturated carbocycles. The summed E-state index contributed by atoms with van der Waals surface area (Å²) in [4.78, 5) is 24.1. The minimum absolute atomic E-state index is 0.132. The smallest absolute Gasteiger partial charge is 0.309 e. The number of ether oxygens (including phenoxy) is 1. The van der Waals surface area contributed by atoms with Gasteiger partial charge in [0.15, 0.2) is 0 Å². The van der Waals surface area contributed by atoms with Crippen LogP contribution in [-0.4, -0.2) is 18.9 Å². The highest BCUT2D eigenvalue weighted by molar-refractivity contribution is 5.95. The van der Waals surface area contributed by atoms with Gasteiger partial charge in [-0.15, -0.1) is 6.58 Å². The molecule has 0 spiro atoms. The molecule has 0 aromatic carbocycles. The molecule has 0 aliphatic heterocycles. The maximum atomic E-state index is 12.4. The maximum Gasteiger partial charge on any atom is 0.309 e. The lowest BCUT2D eigenvalue weighted by atomic mass is 9.64. The summed E-state index contributed by atoms with van der Waals surface area (Å²) in [5, 5.41) is 0. The van der Waals surface area contributed by atoms with Gasteiger partial charge in [0.05, 0.1) is 13.0 Å². The van der Waals surface area contributed by atoms with Crippen LogP contribution in [0.25, 0.3) is 0 Å². The molecule has 0 unspecified atom stereocenters. The van der Waals surface area contributed by atoms with Crippen molar-refractivity contribution in [3.8, 4) is 0 Å². The fraction of sp³-hybridized carbons (Fsp3) is 0.714. The van der Waals surface area contributed by atoms with E-state index in [-0.39, 0.29) is 34.9 Å². The molecule has 3 nitrogen and oxygen atoms in total. The van der Waals surface area contributed by atoms with E-state index in [0.717, 1.165) is 6.42 Å². The van der Waals surface area contributed by atoms with E-state index >= 15 is 0 Å². The van der Waals surface area contributed by atoms with E-state index in [2.05, 4.69) is 13.5 Å². The standard InChI is InChI=1S/C14H20O3/c1-5-6-14(3)10-7-9(12(14)15)11(8(10)2)13(16)17-4/h5,8-11H,1,6-7H2,2-4H3/t8-,9-,10+,11+,14+/m0/s1. The molecule has 3 heteroatoms. The molecule has 2 bridgehead atoms. The summed E-state index contributed by atoms with van der Waals surface area (Å²) < 4.78 is 4.82. The molecule has 17 heavy (non-hydrogen) atoms. The lowest BCUT2D eigenvalue weighted by Crippen LogP contribution is -2.44. The Bertz CT molecular complexity index is 374. The van der Waals surface area contributed by atoms with Crippen LogP contribution in [0.15, 0.2) is 12.7 Å². The highest BCUT2D eigenvalue weighted by Gasteiger charge is 2.63. The third kappa shape index (κ3) is 1.48. The highest BCUT2D eigenvalue weighted by Crippen LogP contribution is 2.60. The van der Waals surface area contributed by atoms with Gasteiger partial charge in [-0.3, -0.25) is 9.59 Å². The van der Waals surface area contributed by atoms with Crippen LogP contribution in [0.2, 0.25) is 0 Å². The first-order valence-electron chi connectivity index (χ1n) is 6.20. The topological polar surface area (TPSA) is 43.4 Å². The summed E-state index contributed by atoms with van der Waals surface area (Å²) >= 11 is 0. The fourth-order valence-corrected chi connectivity index (χ4v) is 4.04. The van der Waals surface area contributed by atoms with Crippen molar-refractivity contribution in [2.45, 2.75) is 26.7 Å². The van der Waals surface area contributed by atoms with Crippen molar-refractivity contribution in [1.82, 2.24) is 0 Å². The summed E-state index contributed by atoms with van der Waals surface area (Å²) in [5.74, 6) is 0.176. The minimum atomic E-state index is -0.309. The van der Waals surface area contributed by atoms with Crippen LogP contribution in [0.4, 0.5) is 0 Å². The molecule has 94 valence electrons. The van der Waals surface area contributed by atoms with Crippen LogP contribution < -0.4 is 0 Å². The molecule has 2 aliphatic rings. The Morgan fingerprint density at radius 2 is 2.29 bits per heavy atom. The summed E-state index contributed by atoms with van der Waals surface area (Å²) in [7, 11) is 1.40. The SMILES string of the molecule is C=CC[C@@]1(C)C(=O)[C@H]2C[C@@H]1[C@H](C)[C@H]2C(=O)OC. The summed E-state index contributed by atoms with van der Waals surface area (Å²) in [5.41, 5.74) is -0.309. The number of ketones is 1. The summed E-state index contributed by atoms with van der Waals surface area (Å²) in [6.07, 6.45) is 3.37. The third-order valence-corrected chi connectivity index (χ3v) is 4.90. The lowest BCUT2D eigenvalue weighted by Gasteiger charge is -2.38. The van der Waals surface area contributed by atoms with Crippen molar-refractivity contribution >= 4 is 11.8 Å².